The first kappa shape index (κ1) is 26.2. The van der Waals surface area contributed by atoms with E-state index in [0.29, 0.717) is 60.1 Å². The Balaban J connectivity index is 1.59. The zero-order valence-corrected chi connectivity index (χ0v) is 20.9. The lowest BCUT2D eigenvalue weighted by Gasteiger charge is -2.32. The van der Waals surface area contributed by atoms with Gasteiger partial charge in [0.15, 0.2) is 0 Å². The van der Waals surface area contributed by atoms with E-state index in [9.17, 15) is 18.0 Å². The molecule has 2 saturated heterocycles. The predicted octanol–water partition coefficient (Wildman–Crippen LogP) is 5.20. The maximum Gasteiger partial charge on any atom is 0.401 e. The molecule has 1 amide bonds. The molecule has 2 atom stereocenters. The summed E-state index contributed by atoms with van der Waals surface area (Å²) >= 11 is 0. The van der Waals surface area contributed by atoms with E-state index in [-0.39, 0.29) is 30.2 Å². The Hall–Kier alpha value is -2.88. The molecule has 3 heterocycles. The fourth-order valence-electron chi connectivity index (χ4n) is 5.46. The van der Waals surface area contributed by atoms with E-state index < -0.39 is 18.5 Å². The number of aryl methyl sites for hydroxylation is 1. The van der Waals surface area contributed by atoms with Gasteiger partial charge in [-0.3, -0.25) is 14.6 Å². The van der Waals surface area contributed by atoms with Gasteiger partial charge in [-0.05, 0) is 57.0 Å². The Morgan fingerprint density at radius 1 is 1.06 bits per heavy atom. The molecule has 6 nitrogen and oxygen atoms in total. The van der Waals surface area contributed by atoms with Crippen LogP contribution in [0.4, 0.5) is 23.4 Å². The van der Waals surface area contributed by atoms with Crippen LogP contribution in [-0.4, -0.2) is 61.9 Å². The molecule has 0 N–H and O–H groups in total. The van der Waals surface area contributed by atoms with E-state index in [0.717, 1.165) is 0 Å². The topological polar surface area (TPSA) is 54.9 Å². The summed E-state index contributed by atoms with van der Waals surface area (Å²) in [5.41, 5.74) is 1.88. The van der Waals surface area contributed by atoms with Crippen LogP contribution in [0.1, 0.15) is 54.8 Å². The summed E-state index contributed by atoms with van der Waals surface area (Å²) in [5.74, 6) is 0.343. The number of ether oxygens (including phenoxy) is 2. The highest BCUT2D eigenvalue weighted by molar-refractivity contribution is 5.96. The number of piperidine rings is 1. The van der Waals surface area contributed by atoms with Crippen molar-refractivity contribution in [1.29, 1.82) is 0 Å². The second-order valence-corrected chi connectivity index (χ2v) is 9.61. The number of nitrogens with zero attached hydrogens (tertiary/aromatic N) is 3. The number of benzene rings is 1. The van der Waals surface area contributed by atoms with Gasteiger partial charge in [0, 0.05) is 48.2 Å². The molecule has 4 rings (SSSR count). The summed E-state index contributed by atoms with van der Waals surface area (Å²) in [6.07, 6.45) is -3.04. The number of likely N-dealkylation sites (tertiary alicyclic amines) is 1. The lowest BCUT2D eigenvalue weighted by Crippen LogP contribution is -2.39. The Morgan fingerprint density at radius 3 is 2.28 bits per heavy atom. The van der Waals surface area contributed by atoms with Crippen LogP contribution in [0, 0.1) is 12.7 Å². The zero-order chi connectivity index (χ0) is 26.2. The maximum atomic E-state index is 15.0. The van der Waals surface area contributed by atoms with Crippen LogP contribution >= 0.6 is 0 Å². The summed E-state index contributed by atoms with van der Waals surface area (Å²) in [7, 11) is 2.99. The molecular weight excluding hydrogens is 478 g/mol. The van der Waals surface area contributed by atoms with Gasteiger partial charge in [0.05, 0.1) is 20.8 Å². The van der Waals surface area contributed by atoms with Crippen LogP contribution in [0.15, 0.2) is 24.3 Å². The minimum Gasteiger partial charge on any atom is -0.497 e. The molecule has 0 aliphatic carbocycles. The highest BCUT2D eigenvalue weighted by atomic mass is 19.4. The first-order valence-electron chi connectivity index (χ1n) is 12.0. The van der Waals surface area contributed by atoms with Gasteiger partial charge in [-0.2, -0.15) is 13.2 Å². The number of hydrogen-bond donors (Lipinski definition) is 0. The number of halogens is 4. The number of pyridine rings is 1. The van der Waals surface area contributed by atoms with Gasteiger partial charge in [-0.25, -0.2) is 9.37 Å². The Kier molecular flexibility index (Phi) is 7.45. The largest absolute Gasteiger partial charge is 0.497 e. The van der Waals surface area contributed by atoms with E-state index in [1.807, 2.05) is 6.92 Å². The molecule has 0 bridgehead atoms. The number of rotatable bonds is 6. The molecule has 2 fully saturated rings. The van der Waals surface area contributed by atoms with E-state index in [1.165, 1.54) is 25.2 Å². The quantitative estimate of drug-likeness (QED) is 0.502. The van der Waals surface area contributed by atoms with Crippen molar-refractivity contribution in [3.05, 3.63) is 46.9 Å². The summed E-state index contributed by atoms with van der Waals surface area (Å²) in [6.45, 7) is 3.38. The summed E-state index contributed by atoms with van der Waals surface area (Å²) in [6, 6.07) is 6.18. The smallest absolute Gasteiger partial charge is 0.401 e. The minimum absolute atomic E-state index is 0.0478. The van der Waals surface area contributed by atoms with Gasteiger partial charge < -0.3 is 9.47 Å². The molecule has 0 unspecified atom stereocenters. The van der Waals surface area contributed by atoms with Gasteiger partial charge in [0.1, 0.15) is 23.1 Å². The van der Waals surface area contributed by atoms with Crippen molar-refractivity contribution in [3.63, 3.8) is 0 Å². The molecule has 196 valence electrons. The SMILES string of the molecule is COc1cc(C2CCN(CC(F)(F)F)CC2)nc(N2C(=O)C[C@H](c3c(C)cc(OC)cc3F)[C@@H]2C)c1. The second-order valence-electron chi connectivity index (χ2n) is 9.61. The molecule has 2 aromatic rings. The number of aromatic nitrogens is 1. The standard InChI is InChI=1S/C26H31F4N3O3/c1-15-9-18(35-3)10-21(27)25(15)20-13-24(34)33(16(20)2)23-12-19(36-4)11-22(31-23)17-5-7-32(8-6-17)14-26(28,29)30/h9-12,16-17,20H,5-8,13-14H2,1-4H3/t16-,20-/m0/s1. The zero-order valence-electron chi connectivity index (χ0n) is 20.9. The van der Waals surface area contributed by atoms with E-state index in [4.69, 9.17) is 14.5 Å². The van der Waals surface area contributed by atoms with Crippen LogP contribution in [0.5, 0.6) is 11.5 Å². The number of methoxy groups -OCH3 is 2. The predicted molar refractivity (Wildman–Crippen MR) is 127 cm³/mol. The minimum atomic E-state index is -4.22. The normalized spacial score (nSPS) is 21.8. The van der Waals surface area contributed by atoms with E-state index >= 15 is 4.39 Å². The number of carbonyl (C=O) groups excluding carboxylic acids is 1. The van der Waals surface area contributed by atoms with Crippen LogP contribution in [-0.2, 0) is 4.79 Å². The molecular formula is C26H31F4N3O3. The summed E-state index contributed by atoms with van der Waals surface area (Å²) < 4.78 is 63.9. The van der Waals surface area contributed by atoms with Gasteiger partial charge in [0.2, 0.25) is 5.91 Å². The van der Waals surface area contributed by atoms with Crippen LogP contribution in [0.25, 0.3) is 0 Å². The fourth-order valence-corrected chi connectivity index (χ4v) is 5.46. The molecule has 1 aromatic carbocycles. The third kappa shape index (κ3) is 5.43. The van der Waals surface area contributed by atoms with Crippen molar-refractivity contribution in [2.24, 2.45) is 0 Å². The number of anilines is 1. The third-order valence-electron chi connectivity index (χ3n) is 7.27. The van der Waals surface area contributed by atoms with Gasteiger partial charge >= 0.3 is 6.18 Å². The van der Waals surface area contributed by atoms with Gasteiger partial charge in [0.25, 0.3) is 0 Å². The van der Waals surface area contributed by atoms with Gasteiger partial charge in [-0.15, -0.1) is 0 Å². The highest BCUT2D eigenvalue weighted by Crippen LogP contribution is 2.41. The highest BCUT2D eigenvalue weighted by Gasteiger charge is 2.41. The number of alkyl halides is 3. The van der Waals surface area contributed by atoms with Crippen molar-refractivity contribution < 1.29 is 31.8 Å². The molecule has 0 radical (unpaired) electrons. The number of hydrogen-bond acceptors (Lipinski definition) is 5. The Morgan fingerprint density at radius 2 is 1.69 bits per heavy atom. The second kappa shape index (κ2) is 10.2. The molecule has 0 spiro atoms. The Labute approximate surface area is 208 Å². The van der Waals surface area contributed by atoms with Crippen LogP contribution in [0.2, 0.25) is 0 Å². The van der Waals surface area contributed by atoms with Crippen molar-refractivity contribution >= 4 is 11.7 Å². The average molecular weight is 510 g/mol. The van der Waals surface area contributed by atoms with Crippen molar-refractivity contribution in [1.82, 2.24) is 9.88 Å². The van der Waals surface area contributed by atoms with Crippen molar-refractivity contribution in [3.8, 4) is 11.5 Å². The lowest BCUT2D eigenvalue weighted by atomic mass is 9.88. The van der Waals surface area contributed by atoms with E-state index in [1.54, 1.807) is 30.0 Å². The first-order chi connectivity index (χ1) is 17.0. The lowest BCUT2D eigenvalue weighted by molar-refractivity contribution is -0.148. The molecule has 0 saturated carbocycles. The Bertz CT molecular complexity index is 1090. The molecule has 1 aromatic heterocycles. The summed E-state index contributed by atoms with van der Waals surface area (Å²) in [5, 5.41) is 0. The van der Waals surface area contributed by atoms with E-state index in [2.05, 4.69) is 0 Å². The fraction of sp³-hybridized carbons (Fsp3) is 0.538. The molecule has 36 heavy (non-hydrogen) atoms. The third-order valence-corrected chi connectivity index (χ3v) is 7.27. The van der Waals surface area contributed by atoms with Gasteiger partial charge in [-0.1, -0.05) is 0 Å². The monoisotopic (exact) mass is 509 g/mol. The molecule has 10 heteroatoms. The molecule has 2 aliphatic rings. The number of amides is 1. The van der Waals surface area contributed by atoms with Crippen LogP contribution in [0.3, 0.4) is 0 Å². The average Bonchev–Trinajstić information content (AvgIpc) is 3.11. The van der Waals surface area contributed by atoms with Crippen LogP contribution < -0.4 is 14.4 Å². The van der Waals surface area contributed by atoms with Crippen molar-refractivity contribution in [2.75, 3.05) is 38.8 Å². The number of carbonyl (C=O) groups is 1. The van der Waals surface area contributed by atoms with Crippen molar-refractivity contribution in [2.45, 2.75) is 57.2 Å². The molecule has 2 aliphatic heterocycles. The first-order valence-corrected chi connectivity index (χ1v) is 12.0. The summed E-state index contributed by atoms with van der Waals surface area (Å²) in [4.78, 5) is 20.9. The maximum absolute atomic E-state index is 15.0.